The molecule has 1 heterocycles. The van der Waals surface area contributed by atoms with E-state index >= 15 is 0 Å². The van der Waals surface area contributed by atoms with E-state index in [2.05, 4.69) is 24.1 Å². The van der Waals surface area contributed by atoms with Crippen molar-refractivity contribution in [3.63, 3.8) is 0 Å². The fourth-order valence-electron chi connectivity index (χ4n) is 1.16. The molecule has 1 N–H and O–H groups in total. The van der Waals surface area contributed by atoms with Crippen LogP contribution in [0.2, 0.25) is 0 Å². The summed E-state index contributed by atoms with van der Waals surface area (Å²) < 4.78 is 18.4. The Morgan fingerprint density at radius 1 is 1.53 bits per heavy atom. The van der Waals surface area contributed by atoms with Gasteiger partial charge >= 0.3 is 0 Å². The summed E-state index contributed by atoms with van der Waals surface area (Å²) in [4.78, 5) is 3.93. The van der Waals surface area contributed by atoms with Gasteiger partial charge in [-0.15, -0.1) is 0 Å². The number of halogens is 1. The Hall–Kier alpha value is -1.16. The zero-order chi connectivity index (χ0) is 11.3. The Kier molecular flexibility index (Phi) is 4.49. The molecular weight excluding hydrogens is 195 g/mol. The number of nitrogens with zero attached hydrogens (tertiary/aromatic N) is 1. The minimum atomic E-state index is -0.336. The molecule has 0 amide bonds. The van der Waals surface area contributed by atoms with Gasteiger partial charge in [-0.05, 0) is 19.0 Å². The predicted octanol–water partition coefficient (Wildman–Crippen LogP) is 1.97. The second-order valence-corrected chi connectivity index (χ2v) is 3.85. The molecule has 0 aliphatic heterocycles. The average molecular weight is 212 g/mol. The van der Waals surface area contributed by atoms with E-state index in [1.54, 1.807) is 7.05 Å². The summed E-state index contributed by atoms with van der Waals surface area (Å²) in [5.74, 6) is 0.607. The molecule has 1 rings (SSSR count). The second-order valence-electron chi connectivity index (χ2n) is 3.85. The fraction of sp³-hybridized carbons (Fsp3) is 0.545. The molecule has 15 heavy (non-hydrogen) atoms. The van der Waals surface area contributed by atoms with Crippen LogP contribution in [0.3, 0.4) is 0 Å². The Bertz CT molecular complexity index is 315. The monoisotopic (exact) mass is 212 g/mol. The molecule has 1 aromatic heterocycles. The molecule has 0 aliphatic carbocycles. The van der Waals surface area contributed by atoms with E-state index in [0.717, 1.165) is 5.56 Å². The molecule has 0 fully saturated rings. The van der Waals surface area contributed by atoms with Crippen LogP contribution in [-0.4, -0.2) is 18.6 Å². The first-order valence-electron chi connectivity index (χ1n) is 5.05. The summed E-state index contributed by atoms with van der Waals surface area (Å²) in [7, 11) is 1.80. The van der Waals surface area contributed by atoms with Crippen LogP contribution in [0.25, 0.3) is 0 Å². The van der Waals surface area contributed by atoms with Gasteiger partial charge in [-0.3, -0.25) is 0 Å². The normalized spacial score (nSPS) is 10.7. The van der Waals surface area contributed by atoms with E-state index < -0.39 is 0 Å². The molecule has 0 radical (unpaired) electrons. The Morgan fingerprint density at radius 2 is 2.27 bits per heavy atom. The van der Waals surface area contributed by atoms with Crippen LogP contribution in [-0.2, 0) is 6.54 Å². The predicted molar refractivity (Wildman–Crippen MR) is 57.3 cm³/mol. The molecule has 0 bridgehead atoms. The average Bonchev–Trinajstić information content (AvgIpc) is 2.17. The highest BCUT2D eigenvalue weighted by molar-refractivity contribution is 5.25. The summed E-state index contributed by atoms with van der Waals surface area (Å²) in [6.45, 7) is 5.26. The number of rotatable bonds is 5. The van der Waals surface area contributed by atoms with Gasteiger partial charge < -0.3 is 10.1 Å². The van der Waals surface area contributed by atoms with Gasteiger partial charge in [0.1, 0.15) is 5.82 Å². The van der Waals surface area contributed by atoms with Crippen molar-refractivity contribution in [3.8, 4) is 5.88 Å². The van der Waals surface area contributed by atoms with Crippen molar-refractivity contribution in [1.82, 2.24) is 10.3 Å². The molecule has 0 atom stereocenters. The smallest absolute Gasteiger partial charge is 0.218 e. The fourth-order valence-corrected chi connectivity index (χ4v) is 1.16. The molecule has 0 aliphatic rings. The van der Waals surface area contributed by atoms with E-state index in [-0.39, 0.29) is 5.82 Å². The van der Waals surface area contributed by atoms with Crippen LogP contribution < -0.4 is 10.1 Å². The van der Waals surface area contributed by atoms with Crippen LogP contribution in [0.1, 0.15) is 19.4 Å². The number of pyridine rings is 1. The molecule has 84 valence electrons. The number of nitrogens with one attached hydrogen (secondary N) is 1. The molecule has 4 heteroatoms. The minimum Gasteiger partial charge on any atom is -0.477 e. The lowest BCUT2D eigenvalue weighted by Crippen LogP contribution is -2.11. The van der Waals surface area contributed by atoms with Gasteiger partial charge in [-0.2, -0.15) is 0 Å². The number of hydrogen-bond donors (Lipinski definition) is 1. The van der Waals surface area contributed by atoms with Gasteiger partial charge in [0.25, 0.3) is 0 Å². The van der Waals surface area contributed by atoms with E-state index in [0.29, 0.717) is 24.9 Å². The Labute approximate surface area is 89.7 Å². The Morgan fingerprint density at radius 3 is 2.87 bits per heavy atom. The van der Waals surface area contributed by atoms with Crippen LogP contribution >= 0.6 is 0 Å². The summed E-state index contributed by atoms with van der Waals surface area (Å²) in [6, 6.07) is 1.44. The van der Waals surface area contributed by atoms with Crippen molar-refractivity contribution in [1.29, 1.82) is 0 Å². The van der Waals surface area contributed by atoms with Crippen molar-refractivity contribution in [2.45, 2.75) is 20.4 Å². The molecule has 3 nitrogen and oxygen atoms in total. The molecule has 1 aromatic rings. The number of hydrogen-bond acceptors (Lipinski definition) is 3. The largest absolute Gasteiger partial charge is 0.477 e. The Balaban J connectivity index is 2.76. The van der Waals surface area contributed by atoms with Crippen molar-refractivity contribution >= 4 is 0 Å². The molecule has 0 saturated heterocycles. The molecule has 0 aromatic carbocycles. The number of ether oxygens (including phenoxy) is 1. The SMILES string of the molecule is CNCc1cc(F)cnc1OCC(C)C. The first-order chi connectivity index (χ1) is 7.13. The summed E-state index contributed by atoms with van der Waals surface area (Å²) >= 11 is 0. The topological polar surface area (TPSA) is 34.2 Å². The summed E-state index contributed by atoms with van der Waals surface area (Å²) in [5, 5.41) is 2.95. The van der Waals surface area contributed by atoms with Gasteiger partial charge in [0.15, 0.2) is 0 Å². The third kappa shape index (κ3) is 3.83. The van der Waals surface area contributed by atoms with Crippen molar-refractivity contribution < 1.29 is 9.13 Å². The molecule has 0 unspecified atom stereocenters. The lowest BCUT2D eigenvalue weighted by molar-refractivity contribution is 0.257. The zero-order valence-electron chi connectivity index (χ0n) is 9.38. The van der Waals surface area contributed by atoms with E-state index in [1.807, 2.05) is 0 Å². The maximum Gasteiger partial charge on any atom is 0.218 e. The van der Waals surface area contributed by atoms with Crippen LogP contribution in [0.4, 0.5) is 4.39 Å². The van der Waals surface area contributed by atoms with Gasteiger partial charge in [0.05, 0.1) is 12.8 Å². The summed E-state index contributed by atoms with van der Waals surface area (Å²) in [6.07, 6.45) is 1.18. The lowest BCUT2D eigenvalue weighted by Gasteiger charge is -2.11. The highest BCUT2D eigenvalue weighted by atomic mass is 19.1. The van der Waals surface area contributed by atoms with Gasteiger partial charge in [-0.1, -0.05) is 13.8 Å². The summed E-state index contributed by atoms with van der Waals surface area (Å²) in [5.41, 5.74) is 0.748. The first-order valence-corrected chi connectivity index (χ1v) is 5.05. The van der Waals surface area contributed by atoms with Crippen molar-refractivity contribution in [2.24, 2.45) is 5.92 Å². The van der Waals surface area contributed by atoms with Gasteiger partial charge in [-0.25, -0.2) is 9.37 Å². The lowest BCUT2D eigenvalue weighted by atomic mass is 10.2. The van der Waals surface area contributed by atoms with Crippen LogP contribution in [0, 0.1) is 11.7 Å². The minimum absolute atomic E-state index is 0.336. The molecule has 0 spiro atoms. The van der Waals surface area contributed by atoms with E-state index in [4.69, 9.17) is 4.74 Å². The maximum absolute atomic E-state index is 12.9. The molecule has 0 saturated carbocycles. The standard InChI is InChI=1S/C11H17FN2O/c1-8(2)7-15-11-9(5-13-3)4-10(12)6-14-11/h4,6,8,13H,5,7H2,1-3H3. The first kappa shape index (κ1) is 11.9. The highest BCUT2D eigenvalue weighted by Crippen LogP contribution is 2.16. The third-order valence-corrected chi connectivity index (χ3v) is 1.81. The highest BCUT2D eigenvalue weighted by Gasteiger charge is 2.07. The van der Waals surface area contributed by atoms with Crippen LogP contribution in [0.15, 0.2) is 12.3 Å². The zero-order valence-corrected chi connectivity index (χ0v) is 9.38. The quantitative estimate of drug-likeness (QED) is 0.810. The second kappa shape index (κ2) is 5.66. The van der Waals surface area contributed by atoms with Gasteiger partial charge in [0, 0.05) is 12.1 Å². The third-order valence-electron chi connectivity index (χ3n) is 1.81. The maximum atomic E-state index is 12.9. The van der Waals surface area contributed by atoms with Crippen molar-refractivity contribution in [3.05, 3.63) is 23.6 Å². The van der Waals surface area contributed by atoms with Crippen molar-refractivity contribution in [2.75, 3.05) is 13.7 Å². The van der Waals surface area contributed by atoms with Crippen LogP contribution in [0.5, 0.6) is 5.88 Å². The number of aromatic nitrogens is 1. The van der Waals surface area contributed by atoms with Gasteiger partial charge in [0.2, 0.25) is 5.88 Å². The molecular formula is C11H17FN2O. The van der Waals surface area contributed by atoms with E-state index in [9.17, 15) is 4.39 Å². The van der Waals surface area contributed by atoms with E-state index in [1.165, 1.54) is 12.3 Å².